The molecule has 0 aliphatic carbocycles. The van der Waals surface area contributed by atoms with Gasteiger partial charge in [0.2, 0.25) is 0 Å². The van der Waals surface area contributed by atoms with Crippen molar-refractivity contribution in [3.63, 3.8) is 0 Å². The minimum Gasteiger partial charge on any atom is -0.399 e. The van der Waals surface area contributed by atoms with Gasteiger partial charge in [0.25, 0.3) is 0 Å². The third kappa shape index (κ3) is 2.85. The van der Waals surface area contributed by atoms with Gasteiger partial charge in [0.05, 0.1) is 6.61 Å². The van der Waals surface area contributed by atoms with Gasteiger partial charge in [-0.15, -0.1) is 0 Å². The fourth-order valence-corrected chi connectivity index (χ4v) is 2.91. The maximum absolute atomic E-state index is 8.96. The fraction of sp³-hybridized carbons (Fsp3) is 0.600. The second-order valence-electron chi connectivity index (χ2n) is 5.40. The van der Waals surface area contributed by atoms with Gasteiger partial charge in [-0.1, -0.05) is 6.07 Å². The molecule has 0 amide bonds. The average molecular weight is 248 g/mol. The standard InChI is InChI=1S/C15H24N2O/c1-11-10-15(16)12(2)9-14(11)13-3-5-17(6-4-13)7-8-18/h9-10,13,18H,3-8,16H2,1-2H3. The summed E-state index contributed by atoms with van der Waals surface area (Å²) in [6.07, 6.45) is 2.37. The van der Waals surface area contributed by atoms with Gasteiger partial charge >= 0.3 is 0 Å². The van der Waals surface area contributed by atoms with Crippen molar-refractivity contribution in [3.8, 4) is 0 Å². The Kier molecular flexibility index (Phi) is 4.25. The summed E-state index contributed by atoms with van der Waals surface area (Å²) in [5.41, 5.74) is 10.8. The summed E-state index contributed by atoms with van der Waals surface area (Å²) in [5, 5.41) is 8.96. The molecule has 100 valence electrons. The van der Waals surface area contributed by atoms with Crippen molar-refractivity contribution in [3.05, 3.63) is 28.8 Å². The Morgan fingerprint density at radius 3 is 2.50 bits per heavy atom. The lowest BCUT2D eigenvalue weighted by atomic mass is 9.85. The van der Waals surface area contributed by atoms with Crippen molar-refractivity contribution in [1.82, 2.24) is 4.90 Å². The van der Waals surface area contributed by atoms with Crippen LogP contribution in [0.15, 0.2) is 12.1 Å². The number of piperidine rings is 1. The van der Waals surface area contributed by atoms with Gasteiger partial charge in [0.15, 0.2) is 0 Å². The number of aliphatic hydroxyl groups is 1. The molecule has 0 atom stereocenters. The molecule has 1 aromatic carbocycles. The van der Waals surface area contributed by atoms with Gasteiger partial charge in [-0.2, -0.15) is 0 Å². The van der Waals surface area contributed by atoms with Crippen LogP contribution in [0.2, 0.25) is 0 Å². The van der Waals surface area contributed by atoms with Gasteiger partial charge in [-0.3, -0.25) is 0 Å². The number of rotatable bonds is 3. The van der Waals surface area contributed by atoms with Gasteiger partial charge in [-0.25, -0.2) is 0 Å². The average Bonchev–Trinajstić information content (AvgIpc) is 2.35. The highest BCUT2D eigenvalue weighted by Crippen LogP contribution is 2.32. The number of β-amino-alcohol motifs (C(OH)–C–C–N with tert-alkyl or cyclic N) is 1. The number of hydrogen-bond donors (Lipinski definition) is 2. The normalized spacial score (nSPS) is 18.2. The highest BCUT2D eigenvalue weighted by molar-refractivity contribution is 5.52. The van der Waals surface area contributed by atoms with E-state index in [9.17, 15) is 0 Å². The van der Waals surface area contributed by atoms with E-state index in [4.69, 9.17) is 10.8 Å². The zero-order chi connectivity index (χ0) is 13.1. The molecule has 0 bridgehead atoms. The Bertz CT molecular complexity index is 409. The Morgan fingerprint density at radius 2 is 1.89 bits per heavy atom. The van der Waals surface area contributed by atoms with E-state index in [0.29, 0.717) is 5.92 Å². The summed E-state index contributed by atoms with van der Waals surface area (Å²) in [7, 11) is 0. The van der Waals surface area contributed by atoms with Crippen molar-refractivity contribution in [2.24, 2.45) is 0 Å². The molecular formula is C15H24N2O. The van der Waals surface area contributed by atoms with E-state index in [1.807, 2.05) is 0 Å². The molecule has 1 saturated heterocycles. The van der Waals surface area contributed by atoms with E-state index >= 15 is 0 Å². The van der Waals surface area contributed by atoms with E-state index in [-0.39, 0.29) is 6.61 Å². The molecule has 0 radical (unpaired) electrons. The monoisotopic (exact) mass is 248 g/mol. The molecule has 3 nitrogen and oxygen atoms in total. The summed E-state index contributed by atoms with van der Waals surface area (Å²) in [5.74, 6) is 0.652. The summed E-state index contributed by atoms with van der Waals surface area (Å²) in [6, 6.07) is 4.36. The number of aryl methyl sites for hydroxylation is 2. The summed E-state index contributed by atoms with van der Waals surface area (Å²) < 4.78 is 0. The Hall–Kier alpha value is -1.06. The Labute approximate surface area is 110 Å². The molecule has 1 aromatic rings. The topological polar surface area (TPSA) is 49.5 Å². The minimum absolute atomic E-state index is 0.269. The second kappa shape index (κ2) is 5.72. The predicted octanol–water partition coefficient (Wildman–Crippen LogP) is 2.06. The first-order valence-electron chi connectivity index (χ1n) is 6.81. The van der Waals surface area contributed by atoms with Crippen LogP contribution < -0.4 is 5.73 Å². The summed E-state index contributed by atoms with van der Waals surface area (Å²) >= 11 is 0. The van der Waals surface area contributed by atoms with Crippen LogP contribution in [-0.4, -0.2) is 36.2 Å². The lowest BCUT2D eigenvalue weighted by Crippen LogP contribution is -2.35. The van der Waals surface area contributed by atoms with Crippen LogP contribution in [0.4, 0.5) is 5.69 Å². The smallest absolute Gasteiger partial charge is 0.0558 e. The van der Waals surface area contributed by atoms with Crippen LogP contribution in [0.1, 0.15) is 35.4 Å². The molecule has 0 saturated carbocycles. The van der Waals surface area contributed by atoms with Crippen LogP contribution in [0.3, 0.4) is 0 Å². The van der Waals surface area contributed by atoms with Gasteiger partial charge in [-0.05, 0) is 68.5 Å². The molecule has 0 unspecified atom stereocenters. The Balaban J connectivity index is 2.07. The molecule has 1 aliphatic heterocycles. The maximum Gasteiger partial charge on any atom is 0.0558 e. The molecule has 0 aromatic heterocycles. The largest absolute Gasteiger partial charge is 0.399 e. The van der Waals surface area contributed by atoms with Gasteiger partial charge in [0, 0.05) is 12.2 Å². The molecule has 1 fully saturated rings. The number of benzene rings is 1. The molecule has 1 heterocycles. The van der Waals surface area contributed by atoms with Crippen LogP contribution in [0, 0.1) is 13.8 Å². The Morgan fingerprint density at radius 1 is 1.22 bits per heavy atom. The molecule has 0 spiro atoms. The van der Waals surface area contributed by atoms with Crippen molar-refractivity contribution < 1.29 is 5.11 Å². The van der Waals surface area contributed by atoms with E-state index in [1.165, 1.54) is 29.5 Å². The summed E-state index contributed by atoms with van der Waals surface area (Å²) in [6.45, 7) is 7.50. The number of likely N-dealkylation sites (tertiary alicyclic amines) is 1. The van der Waals surface area contributed by atoms with Crippen LogP contribution in [0.25, 0.3) is 0 Å². The molecule has 3 heteroatoms. The minimum atomic E-state index is 0.269. The summed E-state index contributed by atoms with van der Waals surface area (Å²) in [4.78, 5) is 2.34. The van der Waals surface area contributed by atoms with Crippen LogP contribution in [-0.2, 0) is 0 Å². The maximum atomic E-state index is 8.96. The van der Waals surface area contributed by atoms with E-state index in [2.05, 4.69) is 30.9 Å². The highest BCUT2D eigenvalue weighted by atomic mass is 16.3. The first kappa shape index (κ1) is 13.4. The fourth-order valence-electron chi connectivity index (χ4n) is 2.91. The SMILES string of the molecule is Cc1cc(C2CCN(CCO)CC2)c(C)cc1N. The van der Waals surface area contributed by atoms with E-state index in [1.54, 1.807) is 0 Å². The van der Waals surface area contributed by atoms with E-state index < -0.39 is 0 Å². The van der Waals surface area contributed by atoms with Gasteiger partial charge in [0.1, 0.15) is 0 Å². The lowest BCUT2D eigenvalue weighted by Gasteiger charge is -2.32. The predicted molar refractivity (Wildman–Crippen MR) is 75.8 cm³/mol. The number of nitrogens with zero attached hydrogens (tertiary/aromatic N) is 1. The van der Waals surface area contributed by atoms with Crippen molar-refractivity contribution >= 4 is 5.69 Å². The van der Waals surface area contributed by atoms with Crippen LogP contribution in [0.5, 0.6) is 0 Å². The van der Waals surface area contributed by atoms with Crippen molar-refractivity contribution in [1.29, 1.82) is 0 Å². The van der Waals surface area contributed by atoms with Crippen molar-refractivity contribution in [2.45, 2.75) is 32.6 Å². The second-order valence-corrected chi connectivity index (χ2v) is 5.40. The molecule has 1 aliphatic rings. The zero-order valence-electron chi connectivity index (χ0n) is 11.4. The zero-order valence-corrected chi connectivity index (χ0v) is 11.4. The van der Waals surface area contributed by atoms with Crippen molar-refractivity contribution in [2.75, 3.05) is 32.0 Å². The third-order valence-electron chi connectivity index (χ3n) is 4.10. The molecule has 18 heavy (non-hydrogen) atoms. The number of anilines is 1. The molecular weight excluding hydrogens is 224 g/mol. The highest BCUT2D eigenvalue weighted by Gasteiger charge is 2.21. The number of aliphatic hydroxyl groups excluding tert-OH is 1. The first-order chi connectivity index (χ1) is 8.61. The molecule has 2 rings (SSSR count). The molecule has 3 N–H and O–H groups in total. The van der Waals surface area contributed by atoms with E-state index in [0.717, 1.165) is 25.3 Å². The quantitative estimate of drug-likeness (QED) is 0.805. The van der Waals surface area contributed by atoms with Crippen LogP contribution >= 0.6 is 0 Å². The van der Waals surface area contributed by atoms with Gasteiger partial charge < -0.3 is 15.7 Å². The third-order valence-corrected chi connectivity index (χ3v) is 4.10. The number of nitrogens with two attached hydrogens (primary N) is 1. The number of hydrogen-bond acceptors (Lipinski definition) is 3. The number of nitrogen functional groups attached to an aromatic ring is 1. The lowest BCUT2D eigenvalue weighted by molar-refractivity contribution is 0.164. The first-order valence-corrected chi connectivity index (χ1v) is 6.81.